The average Bonchev–Trinajstić information content (AvgIpc) is 2.53. The summed E-state index contributed by atoms with van der Waals surface area (Å²) < 4.78 is 13.1. The van der Waals surface area contributed by atoms with Gasteiger partial charge in [-0.25, -0.2) is 4.39 Å². The highest BCUT2D eigenvalue weighted by molar-refractivity contribution is 5.78. The van der Waals surface area contributed by atoms with Crippen LogP contribution in [0.25, 0.3) is 6.08 Å². The lowest BCUT2D eigenvalue weighted by molar-refractivity contribution is -0.137. The third-order valence-corrected chi connectivity index (χ3v) is 4.09. The number of carbonyl (C=O) groups excluding carboxylic acids is 1. The zero-order valence-electron chi connectivity index (χ0n) is 13.1. The molecule has 0 saturated carbocycles. The number of carbonyl (C=O) groups is 2. The average molecular weight is 319 g/mol. The highest BCUT2D eigenvalue weighted by Gasteiger charge is 2.23. The summed E-state index contributed by atoms with van der Waals surface area (Å²) in [5.41, 5.74) is 0.732. The third-order valence-electron chi connectivity index (χ3n) is 4.09. The second-order valence-corrected chi connectivity index (χ2v) is 5.94. The van der Waals surface area contributed by atoms with E-state index in [4.69, 9.17) is 5.11 Å². The Morgan fingerprint density at radius 1 is 1.39 bits per heavy atom. The molecule has 5 heteroatoms. The molecule has 1 aliphatic rings. The number of hydrogen-bond donors (Lipinski definition) is 1. The Labute approximate surface area is 135 Å². The van der Waals surface area contributed by atoms with Crippen LogP contribution in [0.4, 0.5) is 4.39 Å². The maximum atomic E-state index is 13.1. The van der Waals surface area contributed by atoms with E-state index in [1.807, 2.05) is 4.90 Å². The van der Waals surface area contributed by atoms with Crippen molar-refractivity contribution >= 4 is 18.0 Å². The van der Waals surface area contributed by atoms with E-state index >= 15 is 0 Å². The molecule has 0 spiro atoms. The Bertz CT molecular complexity index is 585. The van der Waals surface area contributed by atoms with Crippen LogP contribution in [0.15, 0.2) is 30.3 Å². The maximum absolute atomic E-state index is 13.1. The number of piperidine rings is 1. The lowest BCUT2D eigenvalue weighted by atomic mass is 9.93. The monoisotopic (exact) mass is 319 g/mol. The SMILES string of the molecule is O=C(O)CCC1CCCN(C(=O)CC=Cc2cccc(F)c2)C1. The molecule has 1 aromatic carbocycles. The predicted molar refractivity (Wildman–Crippen MR) is 86.2 cm³/mol. The third kappa shape index (κ3) is 5.85. The maximum Gasteiger partial charge on any atom is 0.303 e. The molecule has 0 aliphatic carbocycles. The molecular weight excluding hydrogens is 297 g/mol. The van der Waals surface area contributed by atoms with Gasteiger partial charge in [-0.15, -0.1) is 0 Å². The standard InChI is InChI=1S/C18H22FNO3/c19-16-7-1-4-14(12-16)5-2-8-17(21)20-11-3-6-15(13-20)9-10-18(22)23/h1-2,4-5,7,12,15H,3,6,8-11,13H2,(H,22,23). The second kappa shape index (κ2) is 8.46. The Hall–Kier alpha value is -2.17. The first-order chi connectivity index (χ1) is 11.0. The minimum absolute atomic E-state index is 0.0395. The van der Waals surface area contributed by atoms with Crippen LogP contribution in [0, 0.1) is 11.7 Å². The van der Waals surface area contributed by atoms with Gasteiger partial charge in [0.15, 0.2) is 0 Å². The van der Waals surface area contributed by atoms with E-state index in [1.165, 1.54) is 12.1 Å². The summed E-state index contributed by atoms with van der Waals surface area (Å²) in [4.78, 5) is 24.7. The van der Waals surface area contributed by atoms with Gasteiger partial charge in [-0.3, -0.25) is 9.59 Å². The summed E-state index contributed by atoms with van der Waals surface area (Å²) in [6.45, 7) is 1.37. The quantitative estimate of drug-likeness (QED) is 0.875. The summed E-state index contributed by atoms with van der Waals surface area (Å²) in [6.07, 6.45) is 6.46. The molecule has 1 unspecified atom stereocenters. The molecular formula is C18H22FNO3. The van der Waals surface area contributed by atoms with E-state index in [1.54, 1.807) is 24.3 Å². The van der Waals surface area contributed by atoms with Crippen LogP contribution in [0.2, 0.25) is 0 Å². The Morgan fingerprint density at radius 2 is 2.22 bits per heavy atom. The lowest BCUT2D eigenvalue weighted by Gasteiger charge is -2.32. The molecule has 23 heavy (non-hydrogen) atoms. The van der Waals surface area contributed by atoms with E-state index < -0.39 is 5.97 Å². The van der Waals surface area contributed by atoms with Crippen molar-refractivity contribution in [1.82, 2.24) is 4.90 Å². The fraction of sp³-hybridized carbons (Fsp3) is 0.444. The summed E-state index contributed by atoms with van der Waals surface area (Å²) >= 11 is 0. The zero-order valence-corrected chi connectivity index (χ0v) is 13.1. The number of carboxylic acid groups (broad SMARTS) is 1. The van der Waals surface area contributed by atoms with Crippen molar-refractivity contribution in [2.24, 2.45) is 5.92 Å². The van der Waals surface area contributed by atoms with Gasteiger partial charge in [-0.2, -0.15) is 0 Å². The van der Waals surface area contributed by atoms with E-state index in [9.17, 15) is 14.0 Å². The fourth-order valence-corrected chi connectivity index (χ4v) is 2.89. The number of hydrogen-bond acceptors (Lipinski definition) is 2. The highest BCUT2D eigenvalue weighted by atomic mass is 19.1. The van der Waals surface area contributed by atoms with Crippen molar-refractivity contribution in [3.63, 3.8) is 0 Å². The Balaban J connectivity index is 1.81. The minimum Gasteiger partial charge on any atom is -0.481 e. The van der Waals surface area contributed by atoms with Gasteiger partial charge in [0.05, 0.1) is 0 Å². The summed E-state index contributed by atoms with van der Waals surface area (Å²) in [7, 11) is 0. The minimum atomic E-state index is -0.786. The summed E-state index contributed by atoms with van der Waals surface area (Å²) in [6, 6.07) is 6.22. The van der Waals surface area contributed by atoms with Gasteiger partial charge in [0, 0.05) is 25.9 Å². The number of aliphatic carboxylic acids is 1. The number of nitrogens with zero attached hydrogens (tertiary/aromatic N) is 1. The first kappa shape index (κ1) is 17.2. The first-order valence-electron chi connectivity index (χ1n) is 7.96. The number of carboxylic acids is 1. The van der Waals surface area contributed by atoms with Crippen molar-refractivity contribution in [1.29, 1.82) is 0 Å². The number of likely N-dealkylation sites (tertiary alicyclic amines) is 1. The van der Waals surface area contributed by atoms with Crippen molar-refractivity contribution in [3.8, 4) is 0 Å². The lowest BCUT2D eigenvalue weighted by Crippen LogP contribution is -2.39. The smallest absolute Gasteiger partial charge is 0.303 e. The molecule has 1 fully saturated rings. The fourth-order valence-electron chi connectivity index (χ4n) is 2.89. The van der Waals surface area contributed by atoms with Crippen LogP contribution in [0.5, 0.6) is 0 Å². The van der Waals surface area contributed by atoms with Crippen LogP contribution in [0.3, 0.4) is 0 Å². The molecule has 4 nitrogen and oxygen atoms in total. The number of benzene rings is 1. The molecule has 2 rings (SSSR count). The summed E-state index contributed by atoms with van der Waals surface area (Å²) in [5.74, 6) is -0.768. The molecule has 124 valence electrons. The van der Waals surface area contributed by atoms with Gasteiger partial charge in [-0.1, -0.05) is 24.3 Å². The van der Waals surface area contributed by atoms with E-state index in [0.29, 0.717) is 13.0 Å². The van der Waals surface area contributed by atoms with Crippen molar-refractivity contribution in [3.05, 3.63) is 41.7 Å². The van der Waals surface area contributed by atoms with Gasteiger partial charge >= 0.3 is 5.97 Å². The molecule has 0 bridgehead atoms. The van der Waals surface area contributed by atoms with Crippen LogP contribution < -0.4 is 0 Å². The Kier molecular flexibility index (Phi) is 6.32. The molecule has 1 aromatic rings. The van der Waals surface area contributed by atoms with Crippen LogP contribution in [-0.4, -0.2) is 35.0 Å². The number of halogens is 1. The highest BCUT2D eigenvalue weighted by Crippen LogP contribution is 2.21. The molecule has 1 atom stereocenters. The normalized spacial score (nSPS) is 18.3. The predicted octanol–water partition coefficient (Wildman–Crippen LogP) is 3.33. The van der Waals surface area contributed by atoms with Crippen LogP contribution >= 0.6 is 0 Å². The summed E-state index contributed by atoms with van der Waals surface area (Å²) in [5, 5.41) is 8.75. The number of amides is 1. The van der Waals surface area contributed by atoms with Gasteiger partial charge < -0.3 is 10.0 Å². The van der Waals surface area contributed by atoms with E-state index in [0.717, 1.165) is 24.9 Å². The molecule has 1 N–H and O–H groups in total. The topological polar surface area (TPSA) is 57.6 Å². The van der Waals surface area contributed by atoms with Crippen molar-refractivity contribution in [2.45, 2.75) is 32.1 Å². The van der Waals surface area contributed by atoms with Crippen molar-refractivity contribution < 1.29 is 19.1 Å². The van der Waals surface area contributed by atoms with E-state index in [-0.39, 0.29) is 30.5 Å². The zero-order chi connectivity index (χ0) is 16.7. The van der Waals surface area contributed by atoms with Gasteiger partial charge in [0.25, 0.3) is 0 Å². The molecule has 1 saturated heterocycles. The van der Waals surface area contributed by atoms with Gasteiger partial charge in [0.2, 0.25) is 5.91 Å². The Morgan fingerprint density at radius 3 is 2.96 bits per heavy atom. The van der Waals surface area contributed by atoms with Crippen LogP contribution in [-0.2, 0) is 9.59 Å². The van der Waals surface area contributed by atoms with Crippen LogP contribution in [0.1, 0.15) is 37.7 Å². The largest absolute Gasteiger partial charge is 0.481 e. The first-order valence-corrected chi connectivity index (χ1v) is 7.96. The number of rotatable bonds is 6. The van der Waals surface area contributed by atoms with E-state index in [2.05, 4.69) is 0 Å². The molecule has 1 heterocycles. The second-order valence-electron chi connectivity index (χ2n) is 5.94. The molecule has 1 aliphatic heterocycles. The van der Waals surface area contributed by atoms with Gasteiger partial charge in [0.1, 0.15) is 5.82 Å². The molecule has 0 aromatic heterocycles. The van der Waals surface area contributed by atoms with Crippen molar-refractivity contribution in [2.75, 3.05) is 13.1 Å². The molecule has 0 radical (unpaired) electrons. The molecule has 1 amide bonds. The van der Waals surface area contributed by atoms with Gasteiger partial charge in [-0.05, 0) is 42.9 Å².